The maximum absolute atomic E-state index is 5.45. The van der Waals surface area contributed by atoms with Gasteiger partial charge in [0.2, 0.25) is 0 Å². The number of morpholine rings is 1. The molecule has 3 rings (SSSR count). The predicted octanol–water partition coefficient (Wildman–Crippen LogP) is 2.10. The molecule has 8 nitrogen and oxygen atoms in total. The van der Waals surface area contributed by atoms with E-state index in [1.165, 1.54) is 5.69 Å². The molecule has 1 fully saturated rings. The molecule has 0 bridgehead atoms. The SMILES string of the molecule is CN=C(NCCCn1nc(C)cc1C)NCc1cccnc1N1CCOCC1.I. The predicted molar refractivity (Wildman–Crippen MR) is 127 cm³/mol. The van der Waals surface area contributed by atoms with Crippen LogP contribution in [-0.2, 0) is 17.8 Å². The van der Waals surface area contributed by atoms with Crippen LogP contribution >= 0.6 is 24.0 Å². The number of halogens is 1. The fourth-order valence-electron chi connectivity index (χ4n) is 3.36. The summed E-state index contributed by atoms with van der Waals surface area (Å²) in [6.45, 7) is 9.79. The third kappa shape index (κ3) is 6.84. The number of aryl methyl sites for hydroxylation is 3. The van der Waals surface area contributed by atoms with Gasteiger partial charge >= 0.3 is 0 Å². The molecular weight excluding hydrogens is 481 g/mol. The van der Waals surface area contributed by atoms with Crippen LogP contribution in [0, 0.1) is 13.8 Å². The van der Waals surface area contributed by atoms with Gasteiger partial charge in [-0.25, -0.2) is 4.98 Å². The molecule has 1 saturated heterocycles. The zero-order chi connectivity index (χ0) is 19.8. The highest BCUT2D eigenvalue weighted by atomic mass is 127. The lowest BCUT2D eigenvalue weighted by Gasteiger charge is -2.29. The summed E-state index contributed by atoms with van der Waals surface area (Å²) in [6, 6.07) is 6.19. The van der Waals surface area contributed by atoms with Crippen molar-refractivity contribution in [2.24, 2.45) is 4.99 Å². The van der Waals surface area contributed by atoms with E-state index < -0.39 is 0 Å². The Morgan fingerprint density at radius 2 is 2.03 bits per heavy atom. The van der Waals surface area contributed by atoms with E-state index in [1.54, 1.807) is 7.05 Å². The molecule has 29 heavy (non-hydrogen) atoms. The Morgan fingerprint density at radius 1 is 1.24 bits per heavy atom. The summed E-state index contributed by atoms with van der Waals surface area (Å²) in [5.74, 6) is 1.82. The second-order valence-corrected chi connectivity index (χ2v) is 6.94. The van der Waals surface area contributed by atoms with Crippen molar-refractivity contribution in [3.8, 4) is 0 Å². The number of nitrogens with one attached hydrogen (secondary N) is 2. The van der Waals surface area contributed by atoms with Crippen molar-refractivity contribution >= 4 is 35.8 Å². The maximum Gasteiger partial charge on any atom is 0.191 e. The molecule has 3 heterocycles. The number of anilines is 1. The lowest BCUT2D eigenvalue weighted by Crippen LogP contribution is -2.39. The van der Waals surface area contributed by atoms with E-state index in [4.69, 9.17) is 4.74 Å². The number of aliphatic imine (C=N–C) groups is 1. The number of pyridine rings is 1. The Kier molecular flexibility index (Phi) is 9.65. The fraction of sp³-hybridized carbons (Fsp3) is 0.550. The number of hydrogen-bond donors (Lipinski definition) is 2. The third-order valence-electron chi connectivity index (χ3n) is 4.79. The van der Waals surface area contributed by atoms with Gasteiger partial charge in [-0.05, 0) is 32.4 Å². The molecule has 1 aliphatic rings. The van der Waals surface area contributed by atoms with E-state index in [9.17, 15) is 0 Å². The van der Waals surface area contributed by atoms with Gasteiger partial charge in [-0.15, -0.1) is 24.0 Å². The zero-order valence-electron chi connectivity index (χ0n) is 17.5. The molecule has 0 saturated carbocycles. The molecule has 0 radical (unpaired) electrons. The van der Waals surface area contributed by atoms with Crippen LogP contribution in [0.1, 0.15) is 23.4 Å². The Labute approximate surface area is 190 Å². The first-order valence-corrected chi connectivity index (χ1v) is 9.89. The van der Waals surface area contributed by atoms with E-state index in [0.717, 1.165) is 68.8 Å². The minimum atomic E-state index is 0. The number of hydrogen-bond acceptors (Lipinski definition) is 5. The second-order valence-electron chi connectivity index (χ2n) is 6.94. The van der Waals surface area contributed by atoms with Crippen molar-refractivity contribution in [3.63, 3.8) is 0 Å². The van der Waals surface area contributed by atoms with Crippen molar-refractivity contribution in [1.29, 1.82) is 0 Å². The molecule has 9 heteroatoms. The lowest BCUT2D eigenvalue weighted by atomic mass is 10.2. The maximum atomic E-state index is 5.45. The van der Waals surface area contributed by atoms with Gasteiger partial charge in [-0.2, -0.15) is 5.10 Å². The second kappa shape index (κ2) is 12.0. The van der Waals surface area contributed by atoms with Gasteiger partial charge in [0.25, 0.3) is 0 Å². The smallest absolute Gasteiger partial charge is 0.191 e. The van der Waals surface area contributed by atoms with E-state index in [-0.39, 0.29) is 24.0 Å². The van der Waals surface area contributed by atoms with Crippen LogP contribution in [-0.4, -0.2) is 60.6 Å². The van der Waals surface area contributed by atoms with Crippen LogP contribution < -0.4 is 15.5 Å². The number of rotatable bonds is 7. The van der Waals surface area contributed by atoms with Crippen molar-refractivity contribution < 1.29 is 4.74 Å². The first-order valence-electron chi connectivity index (χ1n) is 9.89. The minimum Gasteiger partial charge on any atom is -0.378 e. The number of guanidine groups is 1. The highest BCUT2D eigenvalue weighted by Gasteiger charge is 2.15. The Bertz CT molecular complexity index is 787. The monoisotopic (exact) mass is 513 g/mol. The Balaban J connectivity index is 0.00000300. The average Bonchev–Trinajstić information content (AvgIpc) is 3.05. The number of nitrogens with zero attached hydrogens (tertiary/aromatic N) is 5. The van der Waals surface area contributed by atoms with Crippen LogP contribution in [0.4, 0.5) is 5.82 Å². The molecule has 0 spiro atoms. The molecule has 0 aliphatic carbocycles. The molecule has 0 atom stereocenters. The van der Waals surface area contributed by atoms with Crippen molar-refractivity contribution in [1.82, 2.24) is 25.4 Å². The van der Waals surface area contributed by atoms with Gasteiger partial charge in [0, 0.05) is 57.2 Å². The van der Waals surface area contributed by atoms with Crippen LogP contribution in [0.15, 0.2) is 29.4 Å². The fourth-order valence-corrected chi connectivity index (χ4v) is 3.36. The number of aromatic nitrogens is 3. The Morgan fingerprint density at radius 3 is 2.72 bits per heavy atom. The Hall–Kier alpha value is -1.88. The summed E-state index contributed by atoms with van der Waals surface area (Å²) >= 11 is 0. The average molecular weight is 513 g/mol. The molecule has 160 valence electrons. The first-order chi connectivity index (χ1) is 13.7. The molecule has 0 aromatic carbocycles. The van der Waals surface area contributed by atoms with E-state index in [1.807, 2.05) is 19.2 Å². The summed E-state index contributed by atoms with van der Waals surface area (Å²) in [7, 11) is 1.79. The molecular formula is C20H32IN7O. The van der Waals surface area contributed by atoms with Crippen molar-refractivity contribution in [2.75, 3.05) is 44.8 Å². The van der Waals surface area contributed by atoms with Gasteiger partial charge in [0.15, 0.2) is 5.96 Å². The van der Waals surface area contributed by atoms with Gasteiger partial charge in [-0.1, -0.05) is 6.07 Å². The summed E-state index contributed by atoms with van der Waals surface area (Å²) in [6.07, 6.45) is 2.83. The van der Waals surface area contributed by atoms with Gasteiger partial charge in [-0.3, -0.25) is 9.67 Å². The third-order valence-corrected chi connectivity index (χ3v) is 4.79. The molecule has 2 aromatic heterocycles. The van der Waals surface area contributed by atoms with Gasteiger partial charge in [0.1, 0.15) is 5.82 Å². The molecule has 2 aromatic rings. The van der Waals surface area contributed by atoms with E-state index in [2.05, 4.69) is 54.3 Å². The molecule has 1 aliphatic heterocycles. The molecule has 2 N–H and O–H groups in total. The van der Waals surface area contributed by atoms with Crippen LogP contribution in [0.2, 0.25) is 0 Å². The molecule has 0 amide bonds. The molecule has 0 unspecified atom stereocenters. The van der Waals surface area contributed by atoms with Crippen molar-refractivity contribution in [2.45, 2.75) is 33.4 Å². The topological polar surface area (TPSA) is 79.6 Å². The van der Waals surface area contributed by atoms with E-state index >= 15 is 0 Å². The van der Waals surface area contributed by atoms with E-state index in [0.29, 0.717) is 6.54 Å². The zero-order valence-corrected chi connectivity index (χ0v) is 19.8. The largest absolute Gasteiger partial charge is 0.378 e. The van der Waals surface area contributed by atoms with Crippen LogP contribution in [0.25, 0.3) is 0 Å². The standard InChI is InChI=1S/C20H31N7O.HI/c1-16-14-17(2)27(25-16)9-5-8-23-20(21-3)24-15-18-6-4-7-22-19(18)26-10-12-28-13-11-26;/h4,6-7,14H,5,8-13,15H2,1-3H3,(H2,21,23,24);1H. The normalized spacial score (nSPS) is 14.4. The van der Waals surface area contributed by atoms with Crippen LogP contribution in [0.3, 0.4) is 0 Å². The minimum absolute atomic E-state index is 0. The van der Waals surface area contributed by atoms with Gasteiger partial charge in [0.05, 0.1) is 18.9 Å². The summed E-state index contributed by atoms with van der Waals surface area (Å²) in [4.78, 5) is 11.2. The summed E-state index contributed by atoms with van der Waals surface area (Å²) in [5.41, 5.74) is 3.43. The summed E-state index contributed by atoms with van der Waals surface area (Å²) < 4.78 is 7.50. The highest BCUT2D eigenvalue weighted by molar-refractivity contribution is 14.0. The first kappa shape index (κ1) is 23.4. The lowest BCUT2D eigenvalue weighted by molar-refractivity contribution is 0.122. The number of ether oxygens (including phenoxy) is 1. The highest BCUT2D eigenvalue weighted by Crippen LogP contribution is 2.18. The quantitative estimate of drug-likeness (QED) is 0.256. The van der Waals surface area contributed by atoms with Crippen LogP contribution in [0.5, 0.6) is 0 Å². The van der Waals surface area contributed by atoms with Crippen molar-refractivity contribution in [3.05, 3.63) is 41.3 Å². The summed E-state index contributed by atoms with van der Waals surface area (Å²) in [5, 5.41) is 11.3. The van der Waals surface area contributed by atoms with Gasteiger partial charge < -0.3 is 20.3 Å².